The Kier molecular flexibility index (Phi) is 4.23. The first-order valence-electron chi connectivity index (χ1n) is 4.61. The van der Waals surface area contributed by atoms with Crippen molar-refractivity contribution in [3.8, 4) is 0 Å². The third-order valence-corrected chi connectivity index (χ3v) is 2.25. The largest absolute Gasteiger partial charge is 0.391 e. The van der Waals surface area contributed by atoms with Gasteiger partial charge in [0.25, 0.3) is 0 Å². The van der Waals surface area contributed by atoms with Gasteiger partial charge in [-0.1, -0.05) is 11.6 Å². The molecule has 0 bridgehead atoms. The zero-order chi connectivity index (χ0) is 12.3. The van der Waals surface area contributed by atoms with Crippen molar-refractivity contribution >= 4 is 23.2 Å². The minimum Gasteiger partial charge on any atom is -0.391 e. The van der Waals surface area contributed by atoms with E-state index < -0.39 is 23.9 Å². The fourth-order valence-electron chi connectivity index (χ4n) is 1.03. The summed E-state index contributed by atoms with van der Waals surface area (Å²) in [7, 11) is 0. The number of halogens is 2. The zero-order valence-corrected chi connectivity index (χ0v) is 9.33. The monoisotopic (exact) mass is 246 g/mol. The second-order valence-electron chi connectivity index (χ2n) is 3.38. The summed E-state index contributed by atoms with van der Waals surface area (Å²) in [5.41, 5.74) is 5.35. The molecule has 0 aliphatic heterocycles. The number of amides is 1. The number of nitrogens with two attached hydrogens (primary N) is 1. The van der Waals surface area contributed by atoms with Crippen molar-refractivity contribution in [2.75, 3.05) is 5.32 Å². The number of aliphatic hydroxyl groups is 1. The highest BCUT2D eigenvalue weighted by Gasteiger charge is 2.19. The Morgan fingerprint density at radius 2 is 2.25 bits per heavy atom. The van der Waals surface area contributed by atoms with E-state index in [4.69, 9.17) is 22.4 Å². The lowest BCUT2D eigenvalue weighted by atomic mass is 10.2. The molecule has 1 aromatic rings. The van der Waals surface area contributed by atoms with Gasteiger partial charge in [0.15, 0.2) is 0 Å². The summed E-state index contributed by atoms with van der Waals surface area (Å²) in [6, 6.07) is 2.74. The minimum atomic E-state index is -1.10. The molecule has 0 spiro atoms. The van der Waals surface area contributed by atoms with Crippen LogP contribution in [0.2, 0.25) is 5.02 Å². The Hall–Kier alpha value is -1.17. The molecule has 88 valence electrons. The van der Waals surface area contributed by atoms with E-state index in [1.807, 2.05) is 0 Å². The molecular formula is C10H12ClFN2O2. The first-order chi connectivity index (χ1) is 7.41. The van der Waals surface area contributed by atoms with Gasteiger partial charge in [0.2, 0.25) is 5.91 Å². The number of hydrogen-bond acceptors (Lipinski definition) is 3. The van der Waals surface area contributed by atoms with Crippen molar-refractivity contribution in [1.82, 2.24) is 0 Å². The Morgan fingerprint density at radius 1 is 1.62 bits per heavy atom. The van der Waals surface area contributed by atoms with Gasteiger partial charge >= 0.3 is 0 Å². The molecule has 1 amide bonds. The van der Waals surface area contributed by atoms with Gasteiger partial charge in [0, 0.05) is 5.02 Å². The number of rotatable bonds is 3. The first-order valence-corrected chi connectivity index (χ1v) is 4.99. The van der Waals surface area contributed by atoms with Crippen molar-refractivity contribution in [3.05, 3.63) is 29.0 Å². The van der Waals surface area contributed by atoms with Gasteiger partial charge < -0.3 is 16.2 Å². The minimum absolute atomic E-state index is 0.0227. The molecule has 4 N–H and O–H groups in total. The maximum Gasteiger partial charge on any atom is 0.244 e. The normalized spacial score (nSPS) is 14.3. The fourth-order valence-corrected chi connectivity index (χ4v) is 1.18. The molecular weight excluding hydrogens is 235 g/mol. The van der Waals surface area contributed by atoms with E-state index in [1.54, 1.807) is 0 Å². The number of benzene rings is 1. The molecule has 6 heteroatoms. The van der Waals surface area contributed by atoms with Crippen molar-refractivity contribution < 1.29 is 14.3 Å². The third kappa shape index (κ3) is 3.16. The lowest BCUT2D eigenvalue weighted by Crippen LogP contribution is -2.43. The Bertz CT molecular complexity index is 398. The zero-order valence-electron chi connectivity index (χ0n) is 8.58. The molecule has 2 atom stereocenters. The van der Waals surface area contributed by atoms with Crippen LogP contribution in [0.15, 0.2) is 18.2 Å². The fraction of sp³-hybridized carbons (Fsp3) is 0.300. The number of carbonyl (C=O) groups excluding carboxylic acids is 1. The Balaban J connectivity index is 2.77. The summed E-state index contributed by atoms with van der Waals surface area (Å²) in [6.07, 6.45) is -1.00. The first kappa shape index (κ1) is 12.9. The van der Waals surface area contributed by atoms with Gasteiger partial charge in [0.1, 0.15) is 11.9 Å². The van der Waals surface area contributed by atoms with Crippen LogP contribution in [-0.2, 0) is 4.79 Å². The van der Waals surface area contributed by atoms with E-state index in [0.717, 1.165) is 6.07 Å². The van der Waals surface area contributed by atoms with Crippen LogP contribution in [-0.4, -0.2) is 23.2 Å². The van der Waals surface area contributed by atoms with Crippen LogP contribution >= 0.6 is 11.6 Å². The number of hydrogen-bond donors (Lipinski definition) is 3. The second kappa shape index (κ2) is 5.25. The summed E-state index contributed by atoms with van der Waals surface area (Å²) in [6.45, 7) is 1.38. The molecule has 1 aromatic carbocycles. The van der Waals surface area contributed by atoms with E-state index in [2.05, 4.69) is 5.32 Å². The van der Waals surface area contributed by atoms with E-state index in [0.29, 0.717) is 0 Å². The number of aliphatic hydroxyl groups excluding tert-OH is 1. The van der Waals surface area contributed by atoms with Crippen molar-refractivity contribution in [2.24, 2.45) is 5.73 Å². The summed E-state index contributed by atoms with van der Waals surface area (Å²) in [4.78, 5) is 11.4. The van der Waals surface area contributed by atoms with Crippen LogP contribution in [0.25, 0.3) is 0 Å². The molecule has 0 fully saturated rings. The van der Waals surface area contributed by atoms with Crippen LogP contribution in [0, 0.1) is 5.82 Å². The van der Waals surface area contributed by atoms with Crippen LogP contribution < -0.4 is 11.1 Å². The van der Waals surface area contributed by atoms with Gasteiger partial charge in [-0.2, -0.15) is 0 Å². The number of nitrogens with one attached hydrogen (secondary N) is 1. The van der Waals surface area contributed by atoms with E-state index in [1.165, 1.54) is 19.1 Å². The van der Waals surface area contributed by atoms with Crippen molar-refractivity contribution in [1.29, 1.82) is 0 Å². The average Bonchev–Trinajstić information content (AvgIpc) is 2.20. The highest BCUT2D eigenvalue weighted by Crippen LogP contribution is 2.18. The van der Waals surface area contributed by atoms with Crippen LogP contribution in [0.4, 0.5) is 10.1 Å². The lowest BCUT2D eigenvalue weighted by Gasteiger charge is -2.14. The molecule has 0 saturated carbocycles. The lowest BCUT2D eigenvalue weighted by molar-refractivity contribution is -0.119. The summed E-state index contributed by atoms with van der Waals surface area (Å²) < 4.78 is 13.3. The van der Waals surface area contributed by atoms with Gasteiger partial charge in [-0.3, -0.25) is 4.79 Å². The molecule has 1 rings (SSSR count). The molecule has 0 saturated heterocycles. The number of carbonyl (C=O) groups is 1. The van der Waals surface area contributed by atoms with E-state index in [9.17, 15) is 9.18 Å². The number of anilines is 1. The molecule has 0 radical (unpaired) electrons. The van der Waals surface area contributed by atoms with Gasteiger partial charge in [0.05, 0.1) is 11.8 Å². The van der Waals surface area contributed by atoms with Gasteiger partial charge in [-0.25, -0.2) is 4.39 Å². The van der Waals surface area contributed by atoms with Gasteiger partial charge in [-0.05, 0) is 25.1 Å². The second-order valence-corrected chi connectivity index (χ2v) is 3.82. The third-order valence-electron chi connectivity index (χ3n) is 2.01. The Labute approximate surface area is 97.2 Å². The predicted octanol–water partition coefficient (Wildman–Crippen LogP) is 1.13. The van der Waals surface area contributed by atoms with Crippen molar-refractivity contribution in [3.63, 3.8) is 0 Å². The summed E-state index contributed by atoms with van der Waals surface area (Å²) >= 11 is 5.55. The predicted molar refractivity (Wildman–Crippen MR) is 59.7 cm³/mol. The average molecular weight is 247 g/mol. The topological polar surface area (TPSA) is 75.3 Å². The van der Waals surface area contributed by atoms with E-state index in [-0.39, 0.29) is 10.7 Å². The van der Waals surface area contributed by atoms with Crippen molar-refractivity contribution in [2.45, 2.75) is 19.1 Å². The molecule has 4 nitrogen and oxygen atoms in total. The highest BCUT2D eigenvalue weighted by atomic mass is 35.5. The molecule has 0 aliphatic carbocycles. The molecule has 0 unspecified atom stereocenters. The SMILES string of the molecule is C[C@H](O)[C@@H](N)C(=O)Nc1ccc(Cl)cc1F. The van der Waals surface area contributed by atoms with Gasteiger partial charge in [-0.15, -0.1) is 0 Å². The van der Waals surface area contributed by atoms with Crippen LogP contribution in [0.5, 0.6) is 0 Å². The Morgan fingerprint density at radius 3 is 2.75 bits per heavy atom. The summed E-state index contributed by atoms with van der Waals surface area (Å²) in [5, 5.41) is 11.6. The maximum atomic E-state index is 13.3. The highest BCUT2D eigenvalue weighted by molar-refractivity contribution is 6.30. The molecule has 16 heavy (non-hydrogen) atoms. The molecule has 0 heterocycles. The van der Waals surface area contributed by atoms with Crippen LogP contribution in [0.1, 0.15) is 6.92 Å². The quantitative estimate of drug-likeness (QED) is 0.748. The molecule has 0 aromatic heterocycles. The standard InChI is InChI=1S/C10H12ClFN2O2/c1-5(15)9(13)10(16)14-8-3-2-6(11)4-7(8)12/h2-5,9,15H,13H2,1H3,(H,14,16)/t5-,9+/m0/s1. The van der Waals surface area contributed by atoms with Crippen LogP contribution in [0.3, 0.4) is 0 Å². The smallest absolute Gasteiger partial charge is 0.244 e. The maximum absolute atomic E-state index is 13.3. The summed E-state index contributed by atoms with van der Waals surface area (Å²) in [5.74, 6) is -1.31. The van der Waals surface area contributed by atoms with E-state index >= 15 is 0 Å². The molecule has 0 aliphatic rings.